The van der Waals surface area contributed by atoms with Crippen LogP contribution in [0.2, 0.25) is 0 Å². The van der Waals surface area contributed by atoms with Crippen molar-refractivity contribution in [2.24, 2.45) is 5.92 Å². The summed E-state index contributed by atoms with van der Waals surface area (Å²) in [5.74, 6) is 0.611. The SMILES string of the molecule is FC(F)(F)Sc1ccc(CC2CCCNC2)cc1. The van der Waals surface area contributed by atoms with Gasteiger partial charge in [-0.1, -0.05) is 12.1 Å². The topological polar surface area (TPSA) is 12.0 Å². The molecule has 1 heterocycles. The number of nitrogens with one attached hydrogen (secondary N) is 1. The highest BCUT2D eigenvalue weighted by atomic mass is 32.2. The van der Waals surface area contributed by atoms with E-state index in [2.05, 4.69) is 5.32 Å². The Balaban J connectivity index is 1.90. The average molecular weight is 275 g/mol. The second-order valence-corrected chi connectivity index (χ2v) is 5.75. The molecular weight excluding hydrogens is 259 g/mol. The lowest BCUT2D eigenvalue weighted by atomic mass is 9.92. The summed E-state index contributed by atoms with van der Waals surface area (Å²) in [6, 6.07) is 6.73. The van der Waals surface area contributed by atoms with E-state index in [1.165, 1.54) is 12.8 Å². The predicted molar refractivity (Wildman–Crippen MR) is 67.7 cm³/mol. The maximum atomic E-state index is 12.2. The van der Waals surface area contributed by atoms with Gasteiger partial charge < -0.3 is 5.32 Å². The molecule has 1 fully saturated rings. The molecule has 1 saturated heterocycles. The van der Waals surface area contributed by atoms with E-state index < -0.39 is 5.51 Å². The van der Waals surface area contributed by atoms with Crippen LogP contribution in [0.5, 0.6) is 0 Å². The third kappa shape index (κ3) is 4.53. The fourth-order valence-electron chi connectivity index (χ4n) is 2.26. The van der Waals surface area contributed by atoms with Crippen LogP contribution < -0.4 is 5.32 Å². The molecule has 1 nitrogen and oxygen atoms in total. The number of benzene rings is 1. The Kier molecular flexibility index (Phi) is 4.56. The van der Waals surface area contributed by atoms with Crippen molar-refractivity contribution in [2.45, 2.75) is 29.7 Å². The Hall–Kier alpha value is -0.680. The molecule has 2 rings (SSSR count). The predicted octanol–water partition coefficient (Wildman–Crippen LogP) is 3.84. The fraction of sp³-hybridized carbons (Fsp3) is 0.538. The zero-order valence-corrected chi connectivity index (χ0v) is 10.8. The molecule has 1 aliphatic heterocycles. The standard InChI is InChI=1S/C13H16F3NS/c14-13(15,16)18-12-5-3-10(4-6-12)8-11-2-1-7-17-9-11/h3-6,11,17H,1-2,7-9H2. The van der Waals surface area contributed by atoms with E-state index in [0.29, 0.717) is 5.92 Å². The van der Waals surface area contributed by atoms with E-state index in [4.69, 9.17) is 0 Å². The molecule has 0 bridgehead atoms. The number of alkyl halides is 3. The van der Waals surface area contributed by atoms with Crippen LogP contribution in [0.15, 0.2) is 29.2 Å². The summed E-state index contributed by atoms with van der Waals surface area (Å²) >= 11 is -0.0568. The van der Waals surface area contributed by atoms with Crippen LogP contribution in [0.1, 0.15) is 18.4 Å². The molecule has 0 amide bonds. The quantitative estimate of drug-likeness (QED) is 0.841. The van der Waals surface area contributed by atoms with Gasteiger partial charge in [-0.05, 0) is 67.7 Å². The maximum absolute atomic E-state index is 12.2. The van der Waals surface area contributed by atoms with Gasteiger partial charge in [0, 0.05) is 4.90 Å². The van der Waals surface area contributed by atoms with Crippen LogP contribution in [0.25, 0.3) is 0 Å². The first-order valence-corrected chi connectivity index (χ1v) is 6.90. The van der Waals surface area contributed by atoms with Crippen molar-refractivity contribution in [3.63, 3.8) is 0 Å². The van der Waals surface area contributed by atoms with Crippen LogP contribution >= 0.6 is 11.8 Å². The van der Waals surface area contributed by atoms with Gasteiger partial charge in [-0.2, -0.15) is 13.2 Å². The van der Waals surface area contributed by atoms with E-state index in [-0.39, 0.29) is 16.7 Å². The van der Waals surface area contributed by atoms with Crippen LogP contribution in [0.4, 0.5) is 13.2 Å². The Morgan fingerprint density at radius 1 is 1.22 bits per heavy atom. The summed E-state index contributed by atoms with van der Waals surface area (Å²) in [5, 5.41) is 3.34. The van der Waals surface area contributed by atoms with Crippen molar-refractivity contribution in [1.82, 2.24) is 5.32 Å². The zero-order valence-electron chi connectivity index (χ0n) is 9.96. The minimum atomic E-state index is -4.20. The highest BCUT2D eigenvalue weighted by molar-refractivity contribution is 8.00. The minimum absolute atomic E-state index is 0.0568. The summed E-state index contributed by atoms with van der Waals surface area (Å²) in [6.45, 7) is 2.09. The third-order valence-corrected chi connectivity index (χ3v) is 3.82. The molecule has 5 heteroatoms. The van der Waals surface area contributed by atoms with Gasteiger partial charge in [0.2, 0.25) is 0 Å². The second-order valence-electron chi connectivity index (χ2n) is 4.61. The van der Waals surface area contributed by atoms with Crippen LogP contribution in [-0.2, 0) is 6.42 Å². The lowest BCUT2D eigenvalue weighted by Crippen LogP contribution is -2.30. The first kappa shape index (κ1) is 13.7. The molecule has 0 saturated carbocycles. The van der Waals surface area contributed by atoms with Crippen LogP contribution in [0, 0.1) is 5.92 Å². The van der Waals surface area contributed by atoms with E-state index in [1.807, 2.05) is 12.1 Å². The lowest BCUT2D eigenvalue weighted by molar-refractivity contribution is -0.0328. The van der Waals surface area contributed by atoms with E-state index in [0.717, 1.165) is 25.1 Å². The van der Waals surface area contributed by atoms with Gasteiger partial charge in [0.25, 0.3) is 0 Å². The Morgan fingerprint density at radius 2 is 1.94 bits per heavy atom. The summed E-state index contributed by atoms with van der Waals surface area (Å²) in [4.78, 5) is 0.257. The van der Waals surface area contributed by atoms with Crippen molar-refractivity contribution >= 4 is 11.8 Å². The number of thioether (sulfide) groups is 1. The summed E-state index contributed by atoms with van der Waals surface area (Å²) < 4.78 is 36.5. The highest BCUT2D eigenvalue weighted by Crippen LogP contribution is 2.36. The fourth-order valence-corrected chi connectivity index (χ4v) is 2.80. The number of piperidine rings is 1. The third-order valence-electron chi connectivity index (χ3n) is 3.08. The van der Waals surface area contributed by atoms with Gasteiger partial charge in [0.15, 0.2) is 0 Å². The molecule has 1 aromatic rings. The second kappa shape index (κ2) is 5.97. The molecule has 1 aliphatic rings. The van der Waals surface area contributed by atoms with Crippen LogP contribution in [-0.4, -0.2) is 18.6 Å². The first-order chi connectivity index (χ1) is 8.53. The number of halogens is 3. The Bertz CT molecular complexity index is 369. The smallest absolute Gasteiger partial charge is 0.316 e. The molecule has 0 aromatic heterocycles. The van der Waals surface area contributed by atoms with Gasteiger partial charge in [0.1, 0.15) is 0 Å². The van der Waals surface area contributed by atoms with Crippen molar-refractivity contribution in [3.8, 4) is 0 Å². The molecule has 18 heavy (non-hydrogen) atoms. The van der Waals surface area contributed by atoms with Gasteiger partial charge in [-0.15, -0.1) is 0 Å². The molecule has 1 N–H and O–H groups in total. The first-order valence-electron chi connectivity index (χ1n) is 6.08. The summed E-state index contributed by atoms with van der Waals surface area (Å²) in [7, 11) is 0. The van der Waals surface area contributed by atoms with Crippen molar-refractivity contribution < 1.29 is 13.2 Å². The van der Waals surface area contributed by atoms with Gasteiger partial charge >= 0.3 is 5.51 Å². The summed E-state index contributed by atoms with van der Waals surface area (Å²) in [6.07, 6.45) is 3.34. The van der Waals surface area contributed by atoms with Crippen molar-refractivity contribution in [1.29, 1.82) is 0 Å². The van der Waals surface area contributed by atoms with Gasteiger partial charge in [-0.25, -0.2) is 0 Å². The Labute approximate surface area is 109 Å². The molecular formula is C13H16F3NS. The summed E-state index contributed by atoms with van der Waals surface area (Å²) in [5.41, 5.74) is -3.08. The van der Waals surface area contributed by atoms with Crippen molar-refractivity contribution in [3.05, 3.63) is 29.8 Å². The molecule has 1 atom stereocenters. The number of hydrogen-bond acceptors (Lipinski definition) is 2. The highest BCUT2D eigenvalue weighted by Gasteiger charge is 2.29. The van der Waals surface area contributed by atoms with Crippen molar-refractivity contribution in [2.75, 3.05) is 13.1 Å². The van der Waals surface area contributed by atoms with E-state index >= 15 is 0 Å². The lowest BCUT2D eigenvalue weighted by Gasteiger charge is -2.22. The van der Waals surface area contributed by atoms with Crippen LogP contribution in [0.3, 0.4) is 0 Å². The largest absolute Gasteiger partial charge is 0.446 e. The van der Waals surface area contributed by atoms with E-state index in [9.17, 15) is 13.2 Å². The van der Waals surface area contributed by atoms with E-state index in [1.54, 1.807) is 12.1 Å². The van der Waals surface area contributed by atoms with Gasteiger partial charge in [0.05, 0.1) is 0 Å². The molecule has 100 valence electrons. The molecule has 0 radical (unpaired) electrons. The molecule has 1 unspecified atom stereocenters. The monoisotopic (exact) mass is 275 g/mol. The molecule has 0 spiro atoms. The number of hydrogen-bond donors (Lipinski definition) is 1. The zero-order chi connectivity index (χ0) is 13.0. The van der Waals surface area contributed by atoms with Gasteiger partial charge in [-0.3, -0.25) is 0 Å². The molecule has 1 aromatic carbocycles. The molecule has 0 aliphatic carbocycles. The normalized spacial score (nSPS) is 20.9. The minimum Gasteiger partial charge on any atom is -0.316 e. The average Bonchev–Trinajstić information content (AvgIpc) is 2.31. The number of rotatable bonds is 3. The maximum Gasteiger partial charge on any atom is 0.446 e. The Morgan fingerprint density at radius 3 is 2.50 bits per heavy atom.